The Kier molecular flexibility index (Phi) is 10.3. The molecule has 1 heterocycles. The van der Waals surface area contributed by atoms with Crippen molar-refractivity contribution >= 4 is 40.6 Å². The molecule has 0 fully saturated rings. The van der Waals surface area contributed by atoms with Crippen LogP contribution < -0.4 is 21.7 Å². The zero-order valence-corrected chi connectivity index (χ0v) is 19.1. The SMILES string of the molecule is NC(CCC(=O)O)C(=O)NC(CO)C(=O)NC(CO)C(=O)NC(Cc1c[nH]c2ccccc12)C(=O)O. The van der Waals surface area contributed by atoms with Crippen molar-refractivity contribution in [2.24, 2.45) is 5.73 Å². The molecule has 0 saturated carbocycles. The number of fused-ring (bicyclic) bond motifs is 1. The Morgan fingerprint density at radius 2 is 1.42 bits per heavy atom. The number of para-hydroxylation sites is 1. The highest BCUT2D eigenvalue weighted by molar-refractivity contribution is 5.94. The van der Waals surface area contributed by atoms with Crippen molar-refractivity contribution < 1.29 is 44.4 Å². The van der Waals surface area contributed by atoms with Crippen LogP contribution in [0.1, 0.15) is 18.4 Å². The van der Waals surface area contributed by atoms with Crippen molar-refractivity contribution in [3.8, 4) is 0 Å². The summed E-state index contributed by atoms with van der Waals surface area (Å²) in [4.78, 5) is 62.5. The fourth-order valence-electron chi connectivity index (χ4n) is 3.34. The number of aliphatic hydroxyl groups excluding tert-OH is 2. The Bertz CT molecular complexity index is 1100. The average Bonchev–Trinajstić information content (AvgIpc) is 3.26. The number of hydrogen-bond donors (Lipinski definition) is 9. The lowest BCUT2D eigenvalue weighted by Gasteiger charge is -2.23. The van der Waals surface area contributed by atoms with Crippen molar-refractivity contribution in [2.75, 3.05) is 13.2 Å². The molecule has 36 heavy (non-hydrogen) atoms. The van der Waals surface area contributed by atoms with Gasteiger partial charge in [0.25, 0.3) is 0 Å². The first-order chi connectivity index (χ1) is 17.1. The summed E-state index contributed by atoms with van der Waals surface area (Å²) in [7, 11) is 0. The molecule has 0 spiro atoms. The number of nitrogens with two attached hydrogens (primary N) is 1. The molecule has 0 saturated heterocycles. The van der Waals surface area contributed by atoms with Gasteiger partial charge in [0.15, 0.2) is 0 Å². The largest absolute Gasteiger partial charge is 0.481 e. The maximum Gasteiger partial charge on any atom is 0.326 e. The number of carboxylic acid groups (broad SMARTS) is 2. The number of rotatable bonds is 14. The van der Waals surface area contributed by atoms with Gasteiger partial charge in [-0.25, -0.2) is 4.79 Å². The first-order valence-electron chi connectivity index (χ1n) is 10.9. The summed E-state index contributed by atoms with van der Waals surface area (Å²) < 4.78 is 0. The molecule has 2 aromatic rings. The molecule has 196 valence electrons. The number of aliphatic carboxylic acids is 2. The predicted octanol–water partition coefficient (Wildman–Crippen LogP) is -2.57. The highest BCUT2D eigenvalue weighted by Crippen LogP contribution is 2.19. The monoisotopic (exact) mass is 507 g/mol. The molecule has 4 atom stereocenters. The Hall–Kier alpha value is -4.01. The Labute approximate surface area is 204 Å². The summed E-state index contributed by atoms with van der Waals surface area (Å²) in [5.74, 6) is -5.46. The van der Waals surface area contributed by atoms with Crippen LogP contribution in [0.3, 0.4) is 0 Å². The van der Waals surface area contributed by atoms with Gasteiger partial charge >= 0.3 is 11.9 Å². The van der Waals surface area contributed by atoms with Gasteiger partial charge in [0.05, 0.1) is 19.3 Å². The molecule has 2 rings (SSSR count). The Balaban J connectivity index is 2.01. The van der Waals surface area contributed by atoms with Gasteiger partial charge in [-0.05, 0) is 18.1 Å². The zero-order chi connectivity index (χ0) is 26.8. The number of carbonyl (C=O) groups excluding carboxylic acids is 3. The molecule has 0 aliphatic heterocycles. The molecule has 14 nitrogen and oxygen atoms in total. The van der Waals surface area contributed by atoms with Crippen LogP contribution in [0.5, 0.6) is 0 Å². The van der Waals surface area contributed by atoms with Gasteiger partial charge in [-0.3, -0.25) is 19.2 Å². The highest BCUT2D eigenvalue weighted by Gasteiger charge is 2.30. The second kappa shape index (κ2) is 13.2. The van der Waals surface area contributed by atoms with E-state index in [1.807, 2.05) is 0 Å². The van der Waals surface area contributed by atoms with E-state index in [0.29, 0.717) is 5.56 Å². The third-order valence-electron chi connectivity index (χ3n) is 5.35. The van der Waals surface area contributed by atoms with E-state index in [1.165, 1.54) is 0 Å². The fourth-order valence-corrected chi connectivity index (χ4v) is 3.34. The van der Waals surface area contributed by atoms with Crippen LogP contribution in [-0.4, -0.2) is 92.5 Å². The number of benzene rings is 1. The Morgan fingerprint density at radius 3 is 1.97 bits per heavy atom. The number of nitrogens with one attached hydrogen (secondary N) is 4. The molecule has 3 amide bonds. The number of aliphatic hydroxyl groups is 2. The number of carbonyl (C=O) groups is 5. The van der Waals surface area contributed by atoms with Crippen LogP contribution in [0.2, 0.25) is 0 Å². The molecule has 4 unspecified atom stereocenters. The molecular formula is C22H29N5O9. The lowest BCUT2D eigenvalue weighted by Crippen LogP contribution is -2.59. The van der Waals surface area contributed by atoms with Gasteiger partial charge in [0.2, 0.25) is 17.7 Å². The number of aromatic nitrogens is 1. The predicted molar refractivity (Wildman–Crippen MR) is 124 cm³/mol. The minimum atomic E-state index is -1.59. The second-order valence-electron chi connectivity index (χ2n) is 7.99. The second-order valence-corrected chi connectivity index (χ2v) is 7.99. The average molecular weight is 508 g/mol. The number of carboxylic acids is 2. The van der Waals surface area contributed by atoms with E-state index in [9.17, 15) is 39.3 Å². The maximum absolute atomic E-state index is 12.6. The zero-order valence-electron chi connectivity index (χ0n) is 19.1. The van der Waals surface area contributed by atoms with Gasteiger partial charge in [0, 0.05) is 29.9 Å². The molecule has 10 N–H and O–H groups in total. The molecule has 14 heteroatoms. The molecular weight excluding hydrogens is 478 g/mol. The molecule has 0 aliphatic rings. The molecule has 1 aromatic heterocycles. The van der Waals surface area contributed by atoms with E-state index in [4.69, 9.17) is 10.8 Å². The van der Waals surface area contributed by atoms with Crippen molar-refractivity contribution in [3.63, 3.8) is 0 Å². The van der Waals surface area contributed by atoms with Gasteiger partial charge in [-0.15, -0.1) is 0 Å². The van der Waals surface area contributed by atoms with Crippen molar-refractivity contribution in [1.82, 2.24) is 20.9 Å². The third-order valence-corrected chi connectivity index (χ3v) is 5.35. The molecule has 1 aromatic carbocycles. The first kappa shape index (κ1) is 28.2. The standard InChI is InChI=1S/C22H29N5O9/c23-13(5-6-18(30)31)19(32)26-16(9-28)21(34)27-17(10-29)20(33)25-15(22(35)36)7-11-8-24-14-4-2-1-3-12(11)14/h1-4,8,13,15-17,24,28-29H,5-7,9-10,23H2,(H,25,33)(H,26,32)(H,27,34)(H,30,31)(H,35,36). The Morgan fingerprint density at radius 1 is 0.861 bits per heavy atom. The topological polar surface area (TPSA) is 244 Å². The van der Waals surface area contributed by atoms with Crippen LogP contribution in [0.4, 0.5) is 0 Å². The summed E-state index contributed by atoms with van der Waals surface area (Å²) in [5.41, 5.74) is 6.98. The van der Waals surface area contributed by atoms with E-state index in [-0.39, 0.29) is 19.3 Å². The van der Waals surface area contributed by atoms with E-state index in [1.54, 1.807) is 30.5 Å². The van der Waals surface area contributed by atoms with Crippen molar-refractivity contribution in [2.45, 2.75) is 43.4 Å². The van der Waals surface area contributed by atoms with E-state index in [2.05, 4.69) is 20.9 Å². The minimum absolute atomic E-state index is 0.0826. The minimum Gasteiger partial charge on any atom is -0.481 e. The maximum atomic E-state index is 12.6. The molecule has 0 aliphatic carbocycles. The van der Waals surface area contributed by atoms with Crippen LogP contribution >= 0.6 is 0 Å². The number of amides is 3. The number of aromatic amines is 1. The number of hydrogen-bond acceptors (Lipinski definition) is 8. The van der Waals surface area contributed by atoms with Crippen LogP contribution in [-0.2, 0) is 30.4 Å². The normalized spacial score (nSPS) is 14.3. The van der Waals surface area contributed by atoms with Crippen molar-refractivity contribution in [1.29, 1.82) is 0 Å². The lowest BCUT2D eigenvalue weighted by molar-refractivity contribution is -0.142. The van der Waals surface area contributed by atoms with Crippen LogP contribution in [0.15, 0.2) is 30.5 Å². The lowest BCUT2D eigenvalue weighted by atomic mass is 10.0. The molecule has 0 bridgehead atoms. The van der Waals surface area contributed by atoms with Gasteiger partial charge in [-0.1, -0.05) is 18.2 Å². The van der Waals surface area contributed by atoms with Crippen LogP contribution in [0, 0.1) is 0 Å². The quantitative estimate of drug-likeness (QED) is 0.129. The summed E-state index contributed by atoms with van der Waals surface area (Å²) >= 11 is 0. The van der Waals surface area contributed by atoms with Crippen LogP contribution in [0.25, 0.3) is 10.9 Å². The third kappa shape index (κ3) is 7.76. The summed E-state index contributed by atoms with van der Waals surface area (Å²) in [6.45, 7) is -1.79. The smallest absolute Gasteiger partial charge is 0.326 e. The van der Waals surface area contributed by atoms with E-state index < -0.39 is 67.0 Å². The summed E-state index contributed by atoms with van der Waals surface area (Å²) in [5, 5.41) is 44.6. The number of H-pyrrole nitrogens is 1. The van der Waals surface area contributed by atoms with E-state index in [0.717, 1.165) is 10.9 Å². The van der Waals surface area contributed by atoms with Gasteiger partial charge < -0.3 is 47.1 Å². The summed E-state index contributed by atoms with van der Waals surface area (Å²) in [6.07, 6.45) is 0.935. The highest BCUT2D eigenvalue weighted by atomic mass is 16.4. The van der Waals surface area contributed by atoms with Crippen molar-refractivity contribution in [3.05, 3.63) is 36.0 Å². The first-order valence-corrected chi connectivity index (χ1v) is 10.9. The van der Waals surface area contributed by atoms with Gasteiger partial charge in [0.1, 0.15) is 18.1 Å². The molecule has 0 radical (unpaired) electrons. The fraction of sp³-hybridized carbons (Fsp3) is 0.409. The van der Waals surface area contributed by atoms with E-state index >= 15 is 0 Å². The summed E-state index contributed by atoms with van der Waals surface area (Å²) in [6, 6.07) is 1.38. The van der Waals surface area contributed by atoms with Gasteiger partial charge in [-0.2, -0.15) is 0 Å².